The molecule has 8 nitrogen and oxygen atoms in total. The predicted molar refractivity (Wildman–Crippen MR) is 177 cm³/mol. The van der Waals surface area contributed by atoms with Gasteiger partial charge in [0.2, 0.25) is 0 Å². The number of nitrogens with zero attached hydrogens (tertiary/aromatic N) is 5. The van der Waals surface area contributed by atoms with Crippen LogP contribution in [0.25, 0.3) is 32.1 Å². The zero-order valence-electron chi connectivity index (χ0n) is 23.8. The molecule has 3 atom stereocenters. The van der Waals surface area contributed by atoms with Crippen LogP contribution in [-0.2, 0) is 0 Å². The molecule has 3 fully saturated rings. The Morgan fingerprint density at radius 3 is 2.60 bits per heavy atom. The van der Waals surface area contributed by atoms with Crippen molar-refractivity contribution in [3.63, 3.8) is 0 Å². The number of nitrogens with one attached hydrogen (secondary N) is 1. The van der Waals surface area contributed by atoms with Gasteiger partial charge in [0, 0.05) is 101 Å². The van der Waals surface area contributed by atoms with E-state index in [9.17, 15) is 4.79 Å². The van der Waals surface area contributed by atoms with E-state index in [1.807, 2.05) is 28.5 Å². The van der Waals surface area contributed by atoms with Gasteiger partial charge < -0.3 is 20.9 Å². The summed E-state index contributed by atoms with van der Waals surface area (Å²) in [6.07, 6.45) is 2.34. The number of hydrogen-bond donors (Lipinski definition) is 2. The largest absolute Gasteiger partial charge is 0.399 e. The molecule has 4 aliphatic rings. The van der Waals surface area contributed by atoms with Crippen molar-refractivity contribution in [1.29, 1.82) is 0 Å². The van der Waals surface area contributed by atoms with Gasteiger partial charge in [0.05, 0.1) is 16.6 Å². The van der Waals surface area contributed by atoms with Crippen molar-refractivity contribution >= 4 is 67.2 Å². The van der Waals surface area contributed by atoms with E-state index in [0.717, 1.165) is 102 Å². The van der Waals surface area contributed by atoms with Crippen LogP contribution in [0.3, 0.4) is 0 Å². The van der Waals surface area contributed by atoms with Gasteiger partial charge in [-0.3, -0.25) is 9.47 Å². The summed E-state index contributed by atoms with van der Waals surface area (Å²) in [7, 11) is 0. The maximum atomic E-state index is 14.1. The first-order chi connectivity index (χ1) is 20.5. The molecule has 4 aliphatic heterocycles. The molecule has 2 bridgehead atoms. The van der Waals surface area contributed by atoms with Gasteiger partial charge in [0.15, 0.2) is 0 Å². The van der Waals surface area contributed by atoms with E-state index in [0.29, 0.717) is 17.1 Å². The molecular weight excluding hydrogens is 586 g/mol. The third kappa shape index (κ3) is 4.53. The lowest BCUT2D eigenvalue weighted by Crippen LogP contribution is -2.52. The van der Waals surface area contributed by atoms with Crippen molar-refractivity contribution in [3.05, 3.63) is 45.2 Å². The highest BCUT2D eigenvalue weighted by Gasteiger charge is 2.36. The first-order valence-electron chi connectivity index (χ1n) is 15.1. The number of piperazine rings is 2. The molecule has 6 heterocycles. The van der Waals surface area contributed by atoms with Gasteiger partial charge in [-0.1, -0.05) is 18.5 Å². The second-order valence-electron chi connectivity index (χ2n) is 12.2. The van der Waals surface area contributed by atoms with Crippen LogP contribution < -0.4 is 21.6 Å². The summed E-state index contributed by atoms with van der Waals surface area (Å²) >= 11 is 10.8. The zero-order valence-corrected chi connectivity index (χ0v) is 26.2. The number of benzene rings is 2. The summed E-state index contributed by atoms with van der Waals surface area (Å²) in [6, 6.07) is 9.09. The Kier molecular flexibility index (Phi) is 6.92. The third-order valence-corrected chi connectivity index (χ3v) is 12.1. The Balaban J connectivity index is 1.30. The lowest BCUT2D eigenvalue weighted by atomic mass is 10.0. The summed E-state index contributed by atoms with van der Waals surface area (Å²) in [5.74, 6) is 1.60. The summed E-state index contributed by atoms with van der Waals surface area (Å²) in [5.41, 5.74) is 9.91. The molecule has 3 N–H and O–H groups in total. The summed E-state index contributed by atoms with van der Waals surface area (Å²) in [5, 5.41) is 8.70. The van der Waals surface area contributed by atoms with Crippen LogP contribution in [-0.4, -0.2) is 89.5 Å². The molecule has 0 aliphatic carbocycles. The van der Waals surface area contributed by atoms with Gasteiger partial charge in [0.1, 0.15) is 5.82 Å². The van der Waals surface area contributed by atoms with Crippen molar-refractivity contribution in [2.45, 2.75) is 42.8 Å². The molecule has 0 saturated carbocycles. The number of rotatable bonds is 5. The van der Waals surface area contributed by atoms with Crippen LogP contribution >= 0.6 is 34.7 Å². The number of fused-ring (bicyclic) bond motifs is 3. The van der Waals surface area contributed by atoms with E-state index < -0.39 is 0 Å². The van der Waals surface area contributed by atoms with Gasteiger partial charge in [-0.15, -0.1) is 23.1 Å². The lowest BCUT2D eigenvalue weighted by Gasteiger charge is -2.38. The topological polar surface area (TPSA) is 82.7 Å². The molecule has 2 unspecified atom stereocenters. The van der Waals surface area contributed by atoms with Crippen LogP contribution in [0.15, 0.2) is 39.3 Å². The van der Waals surface area contributed by atoms with Gasteiger partial charge in [0.25, 0.3) is 0 Å². The van der Waals surface area contributed by atoms with E-state index in [4.69, 9.17) is 22.3 Å². The molecular formula is C31H36ClN7OS2. The first kappa shape index (κ1) is 27.2. The smallest absolute Gasteiger partial charge is 0.350 e. The molecule has 4 aromatic rings. The van der Waals surface area contributed by atoms with Gasteiger partial charge >= 0.3 is 5.69 Å². The summed E-state index contributed by atoms with van der Waals surface area (Å²) < 4.78 is 3.19. The number of likely N-dealkylation sites (N-methyl/N-ethyl adjacent to an activating group) is 1. The van der Waals surface area contributed by atoms with Crippen molar-refractivity contribution in [2.24, 2.45) is 0 Å². The van der Waals surface area contributed by atoms with Crippen LogP contribution in [0.5, 0.6) is 0 Å². The highest BCUT2D eigenvalue weighted by Crippen LogP contribution is 2.50. The fourth-order valence-corrected chi connectivity index (χ4v) is 10.1. The minimum atomic E-state index is -0.144. The number of hydrogen-bond acceptors (Lipinski definition) is 9. The Hall–Kier alpha value is -2.34. The van der Waals surface area contributed by atoms with Crippen molar-refractivity contribution < 1.29 is 0 Å². The third-order valence-electron chi connectivity index (χ3n) is 9.65. The summed E-state index contributed by atoms with van der Waals surface area (Å²) in [6.45, 7) is 10.1. The standard InChI is InChI=1S/C31H36ClN7OS2/c1-2-36-7-9-37(10-8-36)15-21-16-42-29-27(24-17-41-26-6-3-18(33)11-22(24)26)25(32)12-23-28(29)39(21)31(40)35-30(23)38-13-19-4-5-20(14-38)34-19/h3,6,11-12,17,19-21,34H,2,4-5,7-10,13-16,33H2,1H3/t19?,20?,21-/m0/s1. The van der Waals surface area contributed by atoms with Crippen LogP contribution in [0, 0.1) is 0 Å². The number of thiophene rings is 1. The average Bonchev–Trinajstić information content (AvgIpc) is 3.56. The highest BCUT2D eigenvalue weighted by molar-refractivity contribution is 7.99. The van der Waals surface area contributed by atoms with E-state index >= 15 is 0 Å². The molecule has 2 aromatic carbocycles. The molecule has 220 valence electrons. The van der Waals surface area contributed by atoms with E-state index in [2.05, 4.69) is 44.5 Å². The molecule has 0 amide bonds. The highest BCUT2D eigenvalue weighted by atomic mass is 35.5. The van der Waals surface area contributed by atoms with E-state index in [1.165, 1.54) is 17.5 Å². The average molecular weight is 622 g/mol. The molecule has 8 rings (SSSR count). The monoisotopic (exact) mass is 621 g/mol. The minimum Gasteiger partial charge on any atom is -0.399 e. The molecule has 2 aromatic heterocycles. The quantitative estimate of drug-likeness (QED) is 0.309. The minimum absolute atomic E-state index is 0.0512. The fraction of sp³-hybridized carbons (Fsp3) is 0.484. The zero-order chi connectivity index (χ0) is 28.5. The molecule has 0 radical (unpaired) electrons. The number of aromatic nitrogens is 2. The fourth-order valence-electron chi connectivity index (χ4n) is 7.48. The number of halogens is 1. The van der Waals surface area contributed by atoms with Gasteiger partial charge in [-0.05, 0) is 49.0 Å². The molecule has 3 saturated heterocycles. The SMILES string of the molecule is CCN1CCN(C[C@H]2CSc3c(-c4csc5ccc(N)cc45)c(Cl)cc4c(N5CC6CCC(C5)N6)nc(=O)n2c34)CC1. The van der Waals surface area contributed by atoms with Crippen LogP contribution in [0.2, 0.25) is 5.02 Å². The predicted octanol–water partition coefficient (Wildman–Crippen LogP) is 4.74. The Bertz CT molecular complexity index is 1740. The number of nitrogens with two attached hydrogens (primary N) is 1. The molecule has 42 heavy (non-hydrogen) atoms. The van der Waals surface area contributed by atoms with Crippen LogP contribution in [0.4, 0.5) is 11.5 Å². The lowest BCUT2D eigenvalue weighted by molar-refractivity contribution is 0.126. The molecule has 11 heteroatoms. The summed E-state index contributed by atoms with van der Waals surface area (Å²) in [4.78, 5) is 27.4. The normalized spacial score (nSPS) is 24.7. The van der Waals surface area contributed by atoms with Gasteiger partial charge in [-0.2, -0.15) is 4.98 Å². The second kappa shape index (κ2) is 10.7. The second-order valence-corrected chi connectivity index (χ2v) is 14.5. The molecule has 0 spiro atoms. The van der Waals surface area contributed by atoms with Crippen molar-refractivity contribution in [1.82, 2.24) is 24.7 Å². The number of nitrogen functional groups attached to an aromatic ring is 1. The van der Waals surface area contributed by atoms with Crippen molar-refractivity contribution in [2.75, 3.05) is 68.7 Å². The Labute approximate surface area is 258 Å². The Morgan fingerprint density at radius 2 is 1.83 bits per heavy atom. The maximum Gasteiger partial charge on any atom is 0.350 e. The van der Waals surface area contributed by atoms with E-state index in [1.54, 1.807) is 11.3 Å². The van der Waals surface area contributed by atoms with Crippen molar-refractivity contribution in [3.8, 4) is 11.1 Å². The van der Waals surface area contributed by atoms with Crippen LogP contribution in [0.1, 0.15) is 25.8 Å². The van der Waals surface area contributed by atoms with E-state index in [-0.39, 0.29) is 11.7 Å². The number of anilines is 2. The Morgan fingerprint density at radius 1 is 1.07 bits per heavy atom. The number of thioether (sulfide) groups is 1. The van der Waals surface area contributed by atoms with Gasteiger partial charge in [-0.25, -0.2) is 4.79 Å². The first-order valence-corrected chi connectivity index (χ1v) is 17.4. The maximum absolute atomic E-state index is 14.1.